The molecule has 2 N–H and O–H groups in total. The summed E-state index contributed by atoms with van der Waals surface area (Å²) in [4.78, 5) is 34.6. The van der Waals surface area contributed by atoms with Gasteiger partial charge in [-0.15, -0.1) is 11.3 Å². The molecule has 0 spiro atoms. The first-order valence-electron chi connectivity index (χ1n) is 7.97. The van der Waals surface area contributed by atoms with Gasteiger partial charge in [0, 0.05) is 27.8 Å². The Hall–Kier alpha value is -3.30. The van der Waals surface area contributed by atoms with E-state index in [2.05, 4.69) is 15.8 Å². The second kappa shape index (κ2) is 8.59. The summed E-state index contributed by atoms with van der Waals surface area (Å²) in [7, 11) is 0. The lowest BCUT2D eigenvalue weighted by Crippen LogP contribution is -2.34. The smallest absolute Gasteiger partial charge is 0.270 e. The number of nitrogens with zero attached hydrogens (tertiary/aromatic N) is 2. The van der Waals surface area contributed by atoms with E-state index in [0.29, 0.717) is 15.5 Å². The van der Waals surface area contributed by atoms with Crippen LogP contribution >= 0.6 is 22.9 Å². The molecule has 8 nitrogen and oxygen atoms in total. The Kier molecular flexibility index (Phi) is 5.97. The highest BCUT2D eigenvalue weighted by molar-refractivity contribution is 7.21. The standard InChI is InChI=1S/C18H13ClN4O4S/c19-16-13-6-1-2-7-14(13)28-17(16)18(25)20-10-15(24)22-21-9-11-4-3-5-12(8-11)23(26)27/h1-9H,10H2,(H,20,25)(H,22,24)/b21-9+. The van der Waals surface area contributed by atoms with Crippen molar-refractivity contribution < 1.29 is 14.5 Å². The van der Waals surface area contributed by atoms with Gasteiger partial charge in [-0.1, -0.05) is 41.9 Å². The molecule has 2 amide bonds. The van der Waals surface area contributed by atoms with E-state index in [1.807, 2.05) is 24.3 Å². The number of nitro benzene ring substituents is 1. The van der Waals surface area contributed by atoms with Gasteiger partial charge in [-0.05, 0) is 6.07 Å². The van der Waals surface area contributed by atoms with Crippen molar-refractivity contribution in [2.75, 3.05) is 6.54 Å². The molecule has 0 bridgehead atoms. The molecule has 0 aliphatic heterocycles. The van der Waals surface area contributed by atoms with Crippen LogP contribution in [0, 0.1) is 10.1 Å². The second-order valence-electron chi connectivity index (χ2n) is 5.57. The van der Waals surface area contributed by atoms with Crippen molar-refractivity contribution in [2.45, 2.75) is 0 Å². The zero-order chi connectivity index (χ0) is 20.1. The molecule has 3 aromatic rings. The molecule has 142 valence electrons. The number of carbonyl (C=O) groups excluding carboxylic acids is 2. The molecule has 3 rings (SSSR count). The molecule has 0 saturated carbocycles. The van der Waals surface area contributed by atoms with Crippen LogP contribution in [0.2, 0.25) is 5.02 Å². The second-order valence-corrected chi connectivity index (χ2v) is 7.00. The van der Waals surface area contributed by atoms with E-state index in [1.165, 1.54) is 35.8 Å². The van der Waals surface area contributed by atoms with E-state index in [4.69, 9.17) is 11.6 Å². The molecule has 0 radical (unpaired) electrons. The molecule has 2 aromatic carbocycles. The molecular formula is C18H13ClN4O4S. The van der Waals surface area contributed by atoms with Crippen molar-refractivity contribution in [1.29, 1.82) is 0 Å². The monoisotopic (exact) mass is 416 g/mol. The average molecular weight is 417 g/mol. The van der Waals surface area contributed by atoms with Crippen LogP contribution in [0.5, 0.6) is 0 Å². The number of carbonyl (C=O) groups is 2. The molecule has 0 unspecified atom stereocenters. The summed E-state index contributed by atoms with van der Waals surface area (Å²) in [5.74, 6) is -1.00. The van der Waals surface area contributed by atoms with Crippen LogP contribution in [0.15, 0.2) is 53.6 Å². The van der Waals surface area contributed by atoms with Crippen molar-refractivity contribution in [2.24, 2.45) is 5.10 Å². The number of non-ortho nitro benzene ring substituents is 1. The first-order chi connectivity index (χ1) is 13.5. The first-order valence-corrected chi connectivity index (χ1v) is 9.17. The van der Waals surface area contributed by atoms with Gasteiger partial charge >= 0.3 is 0 Å². The minimum atomic E-state index is -0.549. The summed E-state index contributed by atoms with van der Waals surface area (Å²) in [5, 5.41) is 18.1. The van der Waals surface area contributed by atoms with Crippen LogP contribution in [-0.4, -0.2) is 29.5 Å². The van der Waals surface area contributed by atoms with Crippen molar-refractivity contribution in [3.05, 3.63) is 74.1 Å². The van der Waals surface area contributed by atoms with E-state index >= 15 is 0 Å². The van der Waals surface area contributed by atoms with Gasteiger partial charge in [0.05, 0.1) is 22.7 Å². The van der Waals surface area contributed by atoms with Crippen LogP contribution in [0.1, 0.15) is 15.2 Å². The predicted molar refractivity (Wildman–Crippen MR) is 108 cm³/mol. The van der Waals surface area contributed by atoms with E-state index in [1.54, 1.807) is 6.07 Å². The summed E-state index contributed by atoms with van der Waals surface area (Å²) in [6.07, 6.45) is 1.27. The lowest BCUT2D eigenvalue weighted by atomic mass is 10.2. The van der Waals surface area contributed by atoms with Gasteiger partial charge in [0.1, 0.15) is 4.88 Å². The quantitative estimate of drug-likeness (QED) is 0.364. The molecular weight excluding hydrogens is 404 g/mol. The predicted octanol–water partition coefficient (Wildman–Crippen LogP) is 3.34. The molecule has 1 heterocycles. The topological polar surface area (TPSA) is 114 Å². The molecule has 28 heavy (non-hydrogen) atoms. The number of hydrogen-bond acceptors (Lipinski definition) is 6. The lowest BCUT2D eigenvalue weighted by Gasteiger charge is -2.03. The number of thiophene rings is 1. The first kappa shape index (κ1) is 19.5. The summed E-state index contributed by atoms with van der Waals surface area (Å²) >= 11 is 7.47. The number of benzene rings is 2. The molecule has 0 atom stereocenters. The van der Waals surface area contributed by atoms with E-state index in [9.17, 15) is 19.7 Å². The zero-order valence-electron chi connectivity index (χ0n) is 14.2. The number of hydrogen-bond donors (Lipinski definition) is 2. The zero-order valence-corrected chi connectivity index (χ0v) is 15.8. The third-order valence-electron chi connectivity index (χ3n) is 3.63. The highest BCUT2D eigenvalue weighted by Gasteiger charge is 2.17. The molecule has 1 aromatic heterocycles. The van der Waals surface area contributed by atoms with Crippen molar-refractivity contribution in [1.82, 2.24) is 10.7 Å². The van der Waals surface area contributed by atoms with Crippen LogP contribution < -0.4 is 10.7 Å². The van der Waals surface area contributed by atoms with E-state index in [0.717, 1.165) is 10.1 Å². The number of halogens is 1. The van der Waals surface area contributed by atoms with Crippen LogP contribution in [-0.2, 0) is 4.79 Å². The van der Waals surface area contributed by atoms with Gasteiger partial charge in [0.15, 0.2) is 0 Å². The van der Waals surface area contributed by atoms with E-state index < -0.39 is 16.7 Å². The van der Waals surface area contributed by atoms with Gasteiger partial charge in [-0.2, -0.15) is 5.10 Å². The number of nitrogens with one attached hydrogen (secondary N) is 2. The molecule has 0 aliphatic carbocycles. The Labute approximate surface area is 168 Å². The fraction of sp³-hybridized carbons (Fsp3) is 0.0556. The number of hydrazone groups is 1. The minimum Gasteiger partial charge on any atom is -0.342 e. The maximum Gasteiger partial charge on any atom is 0.270 e. The molecule has 10 heteroatoms. The highest BCUT2D eigenvalue weighted by atomic mass is 35.5. The van der Waals surface area contributed by atoms with Crippen molar-refractivity contribution in [3.63, 3.8) is 0 Å². The Morgan fingerprint density at radius 1 is 1.21 bits per heavy atom. The third kappa shape index (κ3) is 4.51. The summed E-state index contributed by atoms with van der Waals surface area (Å²) in [6.45, 7) is -0.296. The number of fused-ring (bicyclic) bond motifs is 1. The van der Waals surface area contributed by atoms with E-state index in [-0.39, 0.29) is 12.2 Å². The Morgan fingerprint density at radius 3 is 2.75 bits per heavy atom. The maximum absolute atomic E-state index is 12.3. The largest absolute Gasteiger partial charge is 0.342 e. The third-order valence-corrected chi connectivity index (χ3v) is 5.31. The number of amides is 2. The maximum atomic E-state index is 12.3. The van der Waals surface area contributed by atoms with Crippen molar-refractivity contribution in [3.8, 4) is 0 Å². The van der Waals surface area contributed by atoms with Crippen LogP contribution in [0.4, 0.5) is 5.69 Å². The SMILES string of the molecule is O=C(CNC(=O)c1sc2ccccc2c1Cl)N/N=C/c1cccc([N+](=O)[O-])c1. The summed E-state index contributed by atoms with van der Waals surface area (Å²) < 4.78 is 0.878. The normalized spacial score (nSPS) is 10.9. The Morgan fingerprint density at radius 2 is 2.00 bits per heavy atom. The van der Waals surface area contributed by atoms with Gasteiger partial charge in [0.25, 0.3) is 17.5 Å². The minimum absolute atomic E-state index is 0.0808. The number of nitro groups is 1. The summed E-state index contributed by atoms with van der Waals surface area (Å²) in [5.41, 5.74) is 2.62. The molecule has 0 fully saturated rings. The Balaban J connectivity index is 1.55. The van der Waals surface area contributed by atoms with Gasteiger partial charge in [0.2, 0.25) is 0 Å². The fourth-order valence-electron chi connectivity index (χ4n) is 2.34. The van der Waals surface area contributed by atoms with Gasteiger partial charge < -0.3 is 5.32 Å². The number of rotatable bonds is 6. The van der Waals surface area contributed by atoms with Gasteiger partial charge in [-0.25, -0.2) is 5.43 Å². The summed E-state index contributed by atoms with van der Waals surface area (Å²) in [6, 6.07) is 13.1. The molecule has 0 aliphatic rings. The van der Waals surface area contributed by atoms with Gasteiger partial charge in [-0.3, -0.25) is 19.7 Å². The van der Waals surface area contributed by atoms with Crippen LogP contribution in [0.3, 0.4) is 0 Å². The fourth-order valence-corrected chi connectivity index (χ4v) is 3.77. The molecule has 0 saturated heterocycles. The lowest BCUT2D eigenvalue weighted by molar-refractivity contribution is -0.384. The highest BCUT2D eigenvalue weighted by Crippen LogP contribution is 2.34. The average Bonchev–Trinajstić information content (AvgIpc) is 3.03. The Bertz CT molecular complexity index is 1100. The van der Waals surface area contributed by atoms with Crippen LogP contribution in [0.25, 0.3) is 10.1 Å². The van der Waals surface area contributed by atoms with Crippen molar-refractivity contribution >= 4 is 56.7 Å².